The van der Waals surface area contributed by atoms with Gasteiger partial charge < -0.3 is 19.7 Å². The van der Waals surface area contributed by atoms with Gasteiger partial charge in [-0.1, -0.05) is 12.1 Å². The maximum atomic E-state index is 12.6. The zero-order valence-electron chi connectivity index (χ0n) is 13.5. The Labute approximate surface area is 145 Å². The number of nitrogens with zero attached hydrogens (tertiary/aromatic N) is 2. The highest BCUT2D eigenvalue weighted by Crippen LogP contribution is 2.23. The third-order valence-corrected chi connectivity index (χ3v) is 5.83. The Morgan fingerprint density at radius 3 is 2.92 bits per heavy atom. The molecule has 2 amide bonds. The predicted molar refractivity (Wildman–Crippen MR) is 91.8 cm³/mol. The molecule has 1 aliphatic heterocycles. The fourth-order valence-corrected chi connectivity index (χ4v) is 4.61. The average Bonchev–Trinajstić information content (AvgIpc) is 3.22. The Hall–Kier alpha value is -2.39. The number of rotatable bonds is 5. The second-order valence-electron chi connectivity index (χ2n) is 5.85. The number of anilines is 1. The molecule has 0 radical (unpaired) electrons. The van der Waals surface area contributed by atoms with Gasteiger partial charge in [0.05, 0.1) is 24.3 Å². The lowest BCUT2D eigenvalue weighted by molar-refractivity contribution is 0.169. The van der Waals surface area contributed by atoms with Crippen LogP contribution in [0, 0.1) is 0 Å². The van der Waals surface area contributed by atoms with Crippen molar-refractivity contribution in [2.24, 2.45) is 0 Å². The fourth-order valence-electron chi connectivity index (χ4n) is 2.88. The van der Waals surface area contributed by atoms with Crippen molar-refractivity contribution in [3.05, 3.63) is 36.9 Å². The summed E-state index contributed by atoms with van der Waals surface area (Å²) in [6.45, 7) is -0.157. The second kappa shape index (κ2) is 7.24. The molecule has 1 saturated heterocycles. The average molecular weight is 365 g/mol. The van der Waals surface area contributed by atoms with Crippen LogP contribution in [0.4, 0.5) is 10.5 Å². The molecule has 8 nitrogen and oxygen atoms in total. The molecular weight excluding hydrogens is 346 g/mol. The zero-order valence-corrected chi connectivity index (χ0v) is 14.3. The van der Waals surface area contributed by atoms with E-state index in [0.717, 1.165) is 5.56 Å². The van der Waals surface area contributed by atoms with Crippen molar-refractivity contribution in [1.82, 2.24) is 9.88 Å². The van der Waals surface area contributed by atoms with E-state index in [1.807, 2.05) is 6.07 Å². The highest BCUT2D eigenvalue weighted by molar-refractivity contribution is 7.91. The van der Waals surface area contributed by atoms with Crippen molar-refractivity contribution in [2.75, 3.05) is 30.0 Å². The number of oxazole rings is 1. The SMILES string of the molecule is O=C(Nc1cccc(-c2cnco2)c1)N(CCO)C1CCS(=O)(=O)C1. The van der Waals surface area contributed by atoms with Crippen LogP contribution < -0.4 is 5.32 Å². The van der Waals surface area contributed by atoms with Crippen molar-refractivity contribution in [2.45, 2.75) is 12.5 Å². The van der Waals surface area contributed by atoms with Gasteiger partial charge in [-0.15, -0.1) is 0 Å². The molecule has 0 saturated carbocycles. The lowest BCUT2D eigenvalue weighted by atomic mass is 10.1. The van der Waals surface area contributed by atoms with E-state index in [-0.39, 0.29) is 24.7 Å². The van der Waals surface area contributed by atoms with E-state index in [9.17, 15) is 18.3 Å². The molecule has 2 N–H and O–H groups in total. The summed E-state index contributed by atoms with van der Waals surface area (Å²) >= 11 is 0. The van der Waals surface area contributed by atoms with Gasteiger partial charge in [0.1, 0.15) is 0 Å². The summed E-state index contributed by atoms with van der Waals surface area (Å²) < 4.78 is 28.6. The van der Waals surface area contributed by atoms with Crippen LogP contribution in [-0.4, -0.2) is 60.1 Å². The summed E-state index contributed by atoms with van der Waals surface area (Å²) in [6, 6.07) is 6.19. The largest absolute Gasteiger partial charge is 0.444 e. The molecular formula is C16H19N3O5S. The normalized spacial score (nSPS) is 18.8. The number of nitrogens with one attached hydrogen (secondary N) is 1. The van der Waals surface area contributed by atoms with Gasteiger partial charge in [0.2, 0.25) is 0 Å². The molecule has 9 heteroatoms. The first-order valence-electron chi connectivity index (χ1n) is 7.86. The van der Waals surface area contributed by atoms with Crippen LogP contribution in [0.3, 0.4) is 0 Å². The van der Waals surface area contributed by atoms with E-state index < -0.39 is 21.9 Å². The molecule has 1 atom stereocenters. The number of benzene rings is 1. The van der Waals surface area contributed by atoms with E-state index in [0.29, 0.717) is 17.9 Å². The summed E-state index contributed by atoms with van der Waals surface area (Å²) in [6.07, 6.45) is 3.28. The van der Waals surface area contributed by atoms with Crippen LogP contribution in [0.2, 0.25) is 0 Å². The Kier molecular flexibility index (Phi) is 5.05. The van der Waals surface area contributed by atoms with Crippen LogP contribution in [0.25, 0.3) is 11.3 Å². The van der Waals surface area contributed by atoms with Gasteiger partial charge in [0, 0.05) is 23.8 Å². The predicted octanol–water partition coefficient (Wildman–Crippen LogP) is 1.35. The Morgan fingerprint density at radius 1 is 1.44 bits per heavy atom. The summed E-state index contributed by atoms with van der Waals surface area (Å²) in [5.41, 5.74) is 1.30. The number of sulfone groups is 1. The molecule has 1 aromatic carbocycles. The highest BCUT2D eigenvalue weighted by atomic mass is 32.2. The molecule has 1 unspecified atom stereocenters. The van der Waals surface area contributed by atoms with Crippen molar-refractivity contribution in [1.29, 1.82) is 0 Å². The number of hydrogen-bond acceptors (Lipinski definition) is 6. The van der Waals surface area contributed by atoms with Crippen LogP contribution >= 0.6 is 0 Å². The van der Waals surface area contributed by atoms with Crippen molar-refractivity contribution in [3.63, 3.8) is 0 Å². The van der Waals surface area contributed by atoms with E-state index in [1.165, 1.54) is 11.3 Å². The minimum absolute atomic E-state index is 0.0633. The summed E-state index contributed by atoms with van der Waals surface area (Å²) in [5.74, 6) is 0.567. The molecule has 1 aliphatic rings. The molecule has 0 aliphatic carbocycles. The van der Waals surface area contributed by atoms with Gasteiger partial charge in [0.15, 0.2) is 22.0 Å². The molecule has 0 bridgehead atoms. The molecule has 1 aromatic heterocycles. The number of aliphatic hydroxyl groups is 1. The van der Waals surface area contributed by atoms with E-state index in [1.54, 1.807) is 24.4 Å². The number of aromatic nitrogens is 1. The third kappa shape index (κ3) is 4.18. The quantitative estimate of drug-likeness (QED) is 0.827. The Morgan fingerprint density at radius 2 is 2.28 bits per heavy atom. The van der Waals surface area contributed by atoms with Crippen LogP contribution in [0.1, 0.15) is 6.42 Å². The van der Waals surface area contributed by atoms with Gasteiger partial charge in [-0.3, -0.25) is 0 Å². The Bertz CT molecular complexity index is 835. The lowest BCUT2D eigenvalue weighted by Gasteiger charge is -2.27. The van der Waals surface area contributed by atoms with Gasteiger partial charge in [-0.05, 0) is 18.6 Å². The first-order chi connectivity index (χ1) is 12.0. The topological polar surface area (TPSA) is 113 Å². The number of carbonyl (C=O) groups is 1. The standard InChI is InChI=1S/C16H19N3O5S/c20-6-5-19(14-4-7-25(22,23)10-14)16(21)18-13-3-1-2-12(8-13)15-9-17-11-24-15/h1-3,8-9,11,14,20H,4-7,10H2,(H,18,21). The molecule has 1 fully saturated rings. The van der Waals surface area contributed by atoms with Crippen LogP contribution in [0.5, 0.6) is 0 Å². The van der Waals surface area contributed by atoms with E-state index in [4.69, 9.17) is 4.42 Å². The first-order valence-corrected chi connectivity index (χ1v) is 9.68. The fraction of sp³-hybridized carbons (Fsp3) is 0.375. The Balaban J connectivity index is 1.74. The van der Waals surface area contributed by atoms with Crippen molar-refractivity contribution < 1.29 is 22.7 Å². The maximum absolute atomic E-state index is 12.6. The minimum Gasteiger partial charge on any atom is -0.444 e. The van der Waals surface area contributed by atoms with Gasteiger partial charge >= 0.3 is 6.03 Å². The first kappa shape index (κ1) is 17.4. The number of aliphatic hydroxyl groups excluding tert-OH is 1. The summed E-state index contributed by atoms with van der Waals surface area (Å²) in [7, 11) is -3.12. The number of hydrogen-bond donors (Lipinski definition) is 2. The monoisotopic (exact) mass is 365 g/mol. The smallest absolute Gasteiger partial charge is 0.322 e. The third-order valence-electron chi connectivity index (χ3n) is 4.08. The van der Waals surface area contributed by atoms with Crippen molar-refractivity contribution in [3.8, 4) is 11.3 Å². The van der Waals surface area contributed by atoms with Crippen molar-refractivity contribution >= 4 is 21.6 Å². The summed E-state index contributed by atoms with van der Waals surface area (Å²) in [5, 5.41) is 12.0. The maximum Gasteiger partial charge on any atom is 0.322 e. The lowest BCUT2D eigenvalue weighted by Crippen LogP contribution is -2.45. The number of carbonyl (C=O) groups excluding carboxylic acids is 1. The van der Waals surface area contributed by atoms with Gasteiger partial charge in [-0.25, -0.2) is 18.2 Å². The van der Waals surface area contributed by atoms with Gasteiger partial charge in [-0.2, -0.15) is 0 Å². The zero-order chi connectivity index (χ0) is 17.9. The number of amides is 2. The van der Waals surface area contributed by atoms with Gasteiger partial charge in [0.25, 0.3) is 0 Å². The molecule has 3 rings (SSSR count). The molecule has 2 aromatic rings. The van der Waals surface area contributed by atoms with Crippen LogP contribution in [-0.2, 0) is 9.84 Å². The second-order valence-corrected chi connectivity index (χ2v) is 8.08. The molecule has 25 heavy (non-hydrogen) atoms. The summed E-state index contributed by atoms with van der Waals surface area (Å²) in [4.78, 5) is 17.8. The van der Waals surface area contributed by atoms with Crippen LogP contribution in [0.15, 0.2) is 41.3 Å². The number of urea groups is 1. The minimum atomic E-state index is -3.12. The highest BCUT2D eigenvalue weighted by Gasteiger charge is 2.34. The van der Waals surface area contributed by atoms with E-state index in [2.05, 4.69) is 10.3 Å². The molecule has 134 valence electrons. The molecule has 0 spiro atoms. The molecule has 2 heterocycles. The van der Waals surface area contributed by atoms with E-state index >= 15 is 0 Å².